The van der Waals surface area contributed by atoms with Crippen LogP contribution in [0.15, 0.2) is 30.3 Å². The minimum Gasteiger partial charge on any atom is -0.508 e. The molecule has 0 saturated heterocycles. The molecule has 25 heavy (non-hydrogen) atoms. The molecule has 0 amide bonds. The Hall–Kier alpha value is -2.49. The number of rotatable bonds is 2. The largest absolute Gasteiger partial charge is 0.508 e. The van der Waals surface area contributed by atoms with Crippen molar-refractivity contribution in [2.75, 3.05) is 0 Å². The number of carboxylic acid groups (broad SMARTS) is 1. The summed E-state index contributed by atoms with van der Waals surface area (Å²) in [4.78, 5) is 11.7. The summed E-state index contributed by atoms with van der Waals surface area (Å²) >= 11 is 0. The lowest BCUT2D eigenvalue weighted by molar-refractivity contribution is 0.0697. The minimum absolute atomic E-state index is 0.0504. The van der Waals surface area contributed by atoms with Crippen LogP contribution in [0.4, 0.5) is 0 Å². The number of aromatic carboxylic acids is 1. The molecule has 0 aliphatic rings. The molecule has 134 valence electrons. The third-order valence-corrected chi connectivity index (χ3v) is 4.30. The predicted octanol–water partition coefficient (Wildman–Crippen LogP) is 5.06. The molecular formula is C21H26O4. The molecular weight excluding hydrogens is 316 g/mol. The van der Waals surface area contributed by atoms with Crippen LogP contribution in [0, 0.1) is 0 Å². The number of hydrogen-bond donors (Lipinski definition) is 3. The summed E-state index contributed by atoms with van der Waals surface area (Å²) in [7, 11) is 0. The maximum absolute atomic E-state index is 11.7. The Balaban J connectivity index is 2.87. The molecule has 0 atom stereocenters. The van der Waals surface area contributed by atoms with Crippen LogP contribution in [0.3, 0.4) is 0 Å². The number of hydrogen-bond acceptors (Lipinski definition) is 3. The van der Waals surface area contributed by atoms with Gasteiger partial charge >= 0.3 is 5.97 Å². The van der Waals surface area contributed by atoms with E-state index in [4.69, 9.17) is 0 Å². The first-order valence-corrected chi connectivity index (χ1v) is 8.27. The second kappa shape index (κ2) is 6.10. The number of carbonyl (C=O) groups is 1. The van der Waals surface area contributed by atoms with Gasteiger partial charge in [0.25, 0.3) is 0 Å². The van der Waals surface area contributed by atoms with E-state index in [1.54, 1.807) is 0 Å². The number of benzene rings is 2. The zero-order valence-electron chi connectivity index (χ0n) is 15.6. The molecule has 0 aliphatic carbocycles. The molecule has 0 saturated carbocycles. The van der Waals surface area contributed by atoms with Gasteiger partial charge in [-0.25, -0.2) is 4.79 Å². The molecule has 0 aliphatic heterocycles. The minimum atomic E-state index is -1.19. The van der Waals surface area contributed by atoms with Crippen LogP contribution in [-0.2, 0) is 10.8 Å². The van der Waals surface area contributed by atoms with Crippen LogP contribution < -0.4 is 0 Å². The fourth-order valence-electron chi connectivity index (χ4n) is 2.91. The quantitative estimate of drug-likeness (QED) is 0.713. The van der Waals surface area contributed by atoms with Crippen molar-refractivity contribution >= 4 is 5.97 Å². The summed E-state index contributed by atoms with van der Waals surface area (Å²) in [5.41, 5.74) is 2.55. The summed E-state index contributed by atoms with van der Waals surface area (Å²) < 4.78 is 0. The molecule has 0 bridgehead atoms. The van der Waals surface area contributed by atoms with E-state index in [9.17, 15) is 20.1 Å². The molecule has 0 radical (unpaired) electrons. The van der Waals surface area contributed by atoms with Gasteiger partial charge in [-0.1, -0.05) is 59.7 Å². The van der Waals surface area contributed by atoms with E-state index in [0.717, 1.165) is 11.1 Å². The maximum Gasteiger partial charge on any atom is 0.336 e. The SMILES string of the molecule is CC(C)(C)c1ccc(-c2c(O)cc(O)cc2C(=O)O)c(C(C)(C)C)c1. The standard InChI is InChI=1S/C21H26O4/c1-20(2,3)12-7-8-14(16(9-12)21(4,5)6)18-15(19(24)25)10-13(22)11-17(18)23/h7-11,22-23H,1-6H3,(H,24,25). The van der Waals surface area contributed by atoms with Crippen molar-refractivity contribution in [3.05, 3.63) is 47.0 Å². The van der Waals surface area contributed by atoms with Crippen LogP contribution in [0.1, 0.15) is 63.0 Å². The highest BCUT2D eigenvalue weighted by Gasteiger charge is 2.26. The van der Waals surface area contributed by atoms with Gasteiger partial charge in [0.2, 0.25) is 0 Å². The normalized spacial score (nSPS) is 12.2. The molecule has 3 N–H and O–H groups in total. The first kappa shape index (κ1) is 18.8. The zero-order valence-corrected chi connectivity index (χ0v) is 15.6. The fourth-order valence-corrected chi connectivity index (χ4v) is 2.91. The second-order valence-corrected chi connectivity index (χ2v) is 8.45. The van der Waals surface area contributed by atoms with E-state index >= 15 is 0 Å². The lowest BCUT2D eigenvalue weighted by Gasteiger charge is -2.28. The van der Waals surface area contributed by atoms with Gasteiger partial charge in [0.1, 0.15) is 11.5 Å². The molecule has 0 aromatic heterocycles. The smallest absolute Gasteiger partial charge is 0.336 e. The van der Waals surface area contributed by atoms with Gasteiger partial charge in [-0.3, -0.25) is 0 Å². The third kappa shape index (κ3) is 3.78. The maximum atomic E-state index is 11.7. The van der Waals surface area contributed by atoms with Crippen LogP contribution in [-0.4, -0.2) is 21.3 Å². The van der Waals surface area contributed by atoms with Crippen LogP contribution in [0.25, 0.3) is 11.1 Å². The summed E-state index contributed by atoms with van der Waals surface area (Å²) in [5.74, 6) is -1.71. The van der Waals surface area contributed by atoms with Gasteiger partial charge in [0, 0.05) is 11.6 Å². The molecule has 0 heterocycles. The summed E-state index contributed by atoms with van der Waals surface area (Å²) in [6.07, 6.45) is 0. The topological polar surface area (TPSA) is 77.8 Å². The van der Waals surface area contributed by atoms with Crippen molar-refractivity contribution in [1.29, 1.82) is 0 Å². The molecule has 0 spiro atoms. The number of phenolic OH excluding ortho intramolecular Hbond substituents is 2. The lowest BCUT2D eigenvalue weighted by atomic mass is 9.76. The average Bonchev–Trinajstić information content (AvgIpc) is 2.44. The van der Waals surface area contributed by atoms with Crippen molar-refractivity contribution < 1.29 is 20.1 Å². The Bertz CT molecular complexity index is 821. The Morgan fingerprint density at radius 1 is 0.880 bits per heavy atom. The molecule has 2 aromatic carbocycles. The summed E-state index contributed by atoms with van der Waals surface area (Å²) in [5, 5.41) is 29.6. The van der Waals surface area contributed by atoms with Crippen molar-refractivity contribution in [2.45, 2.75) is 52.4 Å². The van der Waals surface area contributed by atoms with Crippen molar-refractivity contribution in [3.63, 3.8) is 0 Å². The van der Waals surface area contributed by atoms with E-state index in [1.165, 1.54) is 12.1 Å². The van der Waals surface area contributed by atoms with Crippen LogP contribution >= 0.6 is 0 Å². The van der Waals surface area contributed by atoms with Crippen molar-refractivity contribution in [3.8, 4) is 22.6 Å². The second-order valence-electron chi connectivity index (χ2n) is 8.45. The highest BCUT2D eigenvalue weighted by atomic mass is 16.4. The van der Waals surface area contributed by atoms with E-state index < -0.39 is 5.97 Å². The Morgan fingerprint density at radius 2 is 1.48 bits per heavy atom. The monoisotopic (exact) mass is 342 g/mol. The summed E-state index contributed by atoms with van der Waals surface area (Å²) in [6.45, 7) is 12.5. The molecule has 0 unspecified atom stereocenters. The van der Waals surface area contributed by atoms with Gasteiger partial charge < -0.3 is 15.3 Å². The van der Waals surface area contributed by atoms with Gasteiger partial charge in [0.15, 0.2) is 0 Å². The lowest BCUT2D eigenvalue weighted by Crippen LogP contribution is -2.17. The summed E-state index contributed by atoms with van der Waals surface area (Å²) in [6, 6.07) is 8.24. The van der Waals surface area contributed by atoms with Gasteiger partial charge in [-0.15, -0.1) is 0 Å². The van der Waals surface area contributed by atoms with E-state index in [2.05, 4.69) is 47.6 Å². The molecule has 2 rings (SSSR count). The number of phenols is 2. The first-order chi connectivity index (χ1) is 11.3. The van der Waals surface area contributed by atoms with Crippen LogP contribution in [0.2, 0.25) is 0 Å². The average molecular weight is 342 g/mol. The van der Waals surface area contributed by atoms with Crippen molar-refractivity contribution in [2.24, 2.45) is 0 Å². The van der Waals surface area contributed by atoms with E-state index in [1.807, 2.05) is 12.1 Å². The molecule has 4 heteroatoms. The van der Waals surface area contributed by atoms with Gasteiger partial charge in [-0.05, 0) is 33.6 Å². The Morgan fingerprint density at radius 3 is 1.96 bits per heavy atom. The van der Waals surface area contributed by atoms with Crippen molar-refractivity contribution in [1.82, 2.24) is 0 Å². The molecule has 2 aromatic rings. The zero-order chi connectivity index (χ0) is 19.2. The Labute approximate surface area is 148 Å². The van der Waals surface area contributed by atoms with Gasteiger partial charge in [0.05, 0.1) is 5.56 Å². The third-order valence-electron chi connectivity index (χ3n) is 4.30. The number of aromatic hydroxyl groups is 2. The predicted molar refractivity (Wildman–Crippen MR) is 99.6 cm³/mol. The number of carboxylic acids is 1. The van der Waals surface area contributed by atoms with Crippen LogP contribution in [0.5, 0.6) is 11.5 Å². The first-order valence-electron chi connectivity index (χ1n) is 8.27. The molecule has 4 nitrogen and oxygen atoms in total. The molecule has 0 fully saturated rings. The fraction of sp³-hybridized carbons (Fsp3) is 0.381. The van der Waals surface area contributed by atoms with Gasteiger partial charge in [-0.2, -0.15) is 0 Å². The van der Waals surface area contributed by atoms with E-state index in [-0.39, 0.29) is 33.5 Å². The van der Waals surface area contributed by atoms with E-state index in [0.29, 0.717) is 5.56 Å². The highest BCUT2D eigenvalue weighted by molar-refractivity contribution is 5.99. The Kier molecular flexibility index (Phi) is 4.60. The highest BCUT2D eigenvalue weighted by Crippen LogP contribution is 2.42.